The quantitative estimate of drug-likeness (QED) is 0.432. The highest BCUT2D eigenvalue weighted by Crippen LogP contribution is 2.35. The van der Waals surface area contributed by atoms with Crippen LogP contribution in [0.5, 0.6) is 11.5 Å². The van der Waals surface area contributed by atoms with Crippen molar-refractivity contribution in [1.82, 2.24) is 0 Å². The number of nitrogens with zero attached hydrogens (tertiary/aromatic N) is 1. The molecular formula is C17H14NO5P. The Labute approximate surface area is 137 Å². The molecule has 0 heterocycles. The van der Waals surface area contributed by atoms with E-state index in [-0.39, 0.29) is 16.8 Å². The van der Waals surface area contributed by atoms with Crippen molar-refractivity contribution in [3.63, 3.8) is 0 Å². The summed E-state index contributed by atoms with van der Waals surface area (Å²) in [7, 11) is -4.35. The zero-order valence-electron chi connectivity index (χ0n) is 12.4. The number of aliphatic imine (C=N–C) groups is 1. The van der Waals surface area contributed by atoms with Gasteiger partial charge in [-0.3, -0.25) is 9.56 Å². The molecule has 4 N–H and O–H groups in total. The lowest BCUT2D eigenvalue weighted by atomic mass is 10.0. The van der Waals surface area contributed by atoms with Crippen LogP contribution in [0.3, 0.4) is 0 Å². The molecule has 24 heavy (non-hydrogen) atoms. The smallest absolute Gasteiger partial charge is 0.356 e. The zero-order valence-corrected chi connectivity index (χ0v) is 13.3. The molecule has 0 aliphatic heterocycles. The van der Waals surface area contributed by atoms with E-state index < -0.39 is 7.60 Å². The monoisotopic (exact) mass is 343 g/mol. The minimum Gasteiger partial charge on any atom is -0.507 e. The lowest BCUT2D eigenvalue weighted by molar-refractivity contribution is 0.387. The Morgan fingerprint density at radius 2 is 1.67 bits per heavy atom. The molecule has 3 rings (SSSR count). The summed E-state index contributed by atoms with van der Waals surface area (Å²) in [6.07, 6.45) is 1.41. The lowest BCUT2D eigenvalue weighted by Crippen LogP contribution is -2.03. The van der Waals surface area contributed by atoms with Gasteiger partial charge in [0, 0.05) is 11.8 Å². The van der Waals surface area contributed by atoms with E-state index in [4.69, 9.17) is 0 Å². The zero-order chi connectivity index (χ0) is 17.3. The summed E-state index contributed by atoms with van der Waals surface area (Å²) in [5.74, 6) is -0.0112. The van der Waals surface area contributed by atoms with Gasteiger partial charge >= 0.3 is 7.60 Å². The van der Waals surface area contributed by atoms with Crippen molar-refractivity contribution in [2.24, 2.45) is 4.99 Å². The van der Waals surface area contributed by atoms with Gasteiger partial charge in [0.15, 0.2) is 0 Å². The third kappa shape index (κ3) is 3.16. The molecule has 0 aliphatic rings. The molecule has 0 radical (unpaired) electrons. The molecule has 0 unspecified atom stereocenters. The fraction of sp³-hybridized carbons (Fsp3) is 0. The first-order chi connectivity index (χ1) is 11.4. The van der Waals surface area contributed by atoms with Gasteiger partial charge in [-0.2, -0.15) is 0 Å². The Bertz CT molecular complexity index is 993. The molecule has 0 aliphatic carbocycles. The Hall–Kier alpha value is -2.66. The van der Waals surface area contributed by atoms with E-state index in [1.165, 1.54) is 36.5 Å². The van der Waals surface area contributed by atoms with E-state index in [0.29, 0.717) is 22.0 Å². The summed E-state index contributed by atoms with van der Waals surface area (Å²) in [5, 5.41) is 20.9. The van der Waals surface area contributed by atoms with Crippen molar-refractivity contribution < 1.29 is 24.6 Å². The summed E-state index contributed by atoms with van der Waals surface area (Å²) in [5.41, 5.74) is 0.744. The second-order valence-corrected chi connectivity index (χ2v) is 6.80. The number of hydrogen-bond acceptors (Lipinski definition) is 4. The third-order valence-corrected chi connectivity index (χ3v) is 4.52. The van der Waals surface area contributed by atoms with Gasteiger partial charge < -0.3 is 20.0 Å². The van der Waals surface area contributed by atoms with E-state index in [0.717, 1.165) is 0 Å². The van der Waals surface area contributed by atoms with Crippen molar-refractivity contribution in [3.8, 4) is 11.5 Å². The van der Waals surface area contributed by atoms with Crippen LogP contribution in [0.15, 0.2) is 59.6 Å². The van der Waals surface area contributed by atoms with E-state index in [1.54, 1.807) is 24.3 Å². The molecular weight excluding hydrogens is 329 g/mol. The van der Waals surface area contributed by atoms with Gasteiger partial charge in [-0.05, 0) is 41.1 Å². The lowest BCUT2D eigenvalue weighted by Gasteiger charge is -2.08. The number of para-hydroxylation sites is 2. The Balaban J connectivity index is 2.12. The van der Waals surface area contributed by atoms with Crippen molar-refractivity contribution in [3.05, 3.63) is 60.2 Å². The number of phenols is 2. The third-order valence-electron chi connectivity index (χ3n) is 3.57. The van der Waals surface area contributed by atoms with Crippen LogP contribution in [0.2, 0.25) is 0 Å². The van der Waals surface area contributed by atoms with Crippen LogP contribution < -0.4 is 5.30 Å². The van der Waals surface area contributed by atoms with Gasteiger partial charge in [0.05, 0.1) is 5.30 Å². The van der Waals surface area contributed by atoms with Crippen molar-refractivity contribution in [1.29, 1.82) is 0 Å². The van der Waals surface area contributed by atoms with Gasteiger partial charge in [-0.1, -0.05) is 24.3 Å². The minimum absolute atomic E-state index is 0.0114. The van der Waals surface area contributed by atoms with Crippen LogP contribution >= 0.6 is 7.60 Å². The fourth-order valence-corrected chi connectivity index (χ4v) is 2.93. The molecule has 0 saturated heterocycles. The number of benzene rings is 3. The average Bonchev–Trinajstić information content (AvgIpc) is 2.54. The molecule has 3 aromatic rings. The second kappa shape index (κ2) is 6.09. The maximum atomic E-state index is 11.4. The van der Waals surface area contributed by atoms with Crippen LogP contribution in [-0.4, -0.2) is 26.2 Å². The van der Waals surface area contributed by atoms with E-state index in [2.05, 4.69) is 4.99 Å². The number of aromatic hydroxyl groups is 2. The Morgan fingerprint density at radius 3 is 2.38 bits per heavy atom. The van der Waals surface area contributed by atoms with Crippen LogP contribution in [0.25, 0.3) is 10.8 Å². The molecule has 0 atom stereocenters. The number of rotatable bonds is 3. The summed E-state index contributed by atoms with van der Waals surface area (Å²) in [6.45, 7) is 0. The molecule has 122 valence electrons. The molecule has 0 fully saturated rings. The normalized spacial score (nSPS) is 12.1. The maximum Gasteiger partial charge on any atom is 0.356 e. The van der Waals surface area contributed by atoms with Crippen LogP contribution in [0.1, 0.15) is 5.56 Å². The van der Waals surface area contributed by atoms with Crippen molar-refractivity contribution >= 4 is 35.6 Å². The first-order valence-corrected chi connectivity index (χ1v) is 8.61. The standard InChI is InChI=1S/C17H14NO5P/c19-16-8-5-11-9-12(24(21,22)23)6-7-13(11)14(16)10-18-15-3-1-2-4-17(15)20/h1-10,19-20H,(H2,21,22,23). The van der Waals surface area contributed by atoms with Gasteiger partial charge in [0.25, 0.3) is 0 Å². The first-order valence-electron chi connectivity index (χ1n) is 7.00. The van der Waals surface area contributed by atoms with Crippen molar-refractivity contribution in [2.75, 3.05) is 0 Å². The largest absolute Gasteiger partial charge is 0.507 e. The molecule has 0 amide bonds. The maximum absolute atomic E-state index is 11.4. The van der Waals surface area contributed by atoms with Crippen LogP contribution in [-0.2, 0) is 4.57 Å². The van der Waals surface area contributed by atoms with Gasteiger partial charge in [-0.15, -0.1) is 0 Å². The van der Waals surface area contributed by atoms with Gasteiger partial charge in [-0.25, -0.2) is 0 Å². The summed E-state index contributed by atoms with van der Waals surface area (Å²) in [4.78, 5) is 22.7. The summed E-state index contributed by atoms with van der Waals surface area (Å²) >= 11 is 0. The van der Waals surface area contributed by atoms with E-state index in [9.17, 15) is 24.6 Å². The molecule has 3 aromatic carbocycles. The Kier molecular flexibility index (Phi) is 4.11. The topological polar surface area (TPSA) is 110 Å². The van der Waals surface area contributed by atoms with E-state index >= 15 is 0 Å². The predicted molar refractivity (Wildman–Crippen MR) is 92.7 cm³/mol. The first kappa shape index (κ1) is 16.2. The van der Waals surface area contributed by atoms with Crippen molar-refractivity contribution in [2.45, 2.75) is 0 Å². The minimum atomic E-state index is -4.35. The van der Waals surface area contributed by atoms with Gasteiger partial charge in [0.2, 0.25) is 0 Å². The highest BCUT2D eigenvalue weighted by Gasteiger charge is 2.17. The average molecular weight is 343 g/mol. The Morgan fingerprint density at radius 1 is 0.917 bits per heavy atom. The SMILES string of the molecule is O=P(O)(O)c1ccc2c(C=Nc3ccccc3O)c(O)ccc2c1. The molecule has 0 saturated carbocycles. The second-order valence-electron chi connectivity index (χ2n) is 5.19. The molecule has 6 nitrogen and oxygen atoms in total. The van der Waals surface area contributed by atoms with Crippen LogP contribution in [0, 0.1) is 0 Å². The molecule has 0 bridgehead atoms. The number of phenolic OH excluding ortho intramolecular Hbond substituents is 2. The van der Waals surface area contributed by atoms with E-state index in [1.807, 2.05) is 0 Å². The molecule has 7 heteroatoms. The molecule has 0 aromatic heterocycles. The fourth-order valence-electron chi connectivity index (χ4n) is 2.35. The summed E-state index contributed by atoms with van der Waals surface area (Å²) in [6, 6.07) is 13.7. The van der Waals surface area contributed by atoms with Gasteiger partial charge in [0.1, 0.15) is 17.2 Å². The highest BCUT2D eigenvalue weighted by molar-refractivity contribution is 7.60. The molecule has 0 spiro atoms. The predicted octanol–water partition coefficient (Wildman–Crippen LogP) is 2.80. The summed E-state index contributed by atoms with van der Waals surface area (Å²) < 4.78 is 11.4. The number of hydrogen-bond donors (Lipinski definition) is 4. The number of fused-ring (bicyclic) bond motifs is 1. The van der Waals surface area contributed by atoms with Crippen LogP contribution in [0.4, 0.5) is 5.69 Å². The highest BCUT2D eigenvalue weighted by atomic mass is 31.2.